The minimum absolute atomic E-state index is 0.815. The van der Waals surface area contributed by atoms with Crippen LogP contribution in [0.4, 0.5) is 0 Å². The predicted molar refractivity (Wildman–Crippen MR) is 77.6 cm³/mol. The van der Waals surface area contributed by atoms with Crippen molar-refractivity contribution in [1.29, 1.82) is 0 Å². The van der Waals surface area contributed by atoms with Gasteiger partial charge in [-0.1, -0.05) is 17.7 Å². The first-order valence-corrected chi connectivity index (χ1v) is 7.15. The van der Waals surface area contributed by atoms with E-state index in [1.165, 1.54) is 30.4 Å². The molecule has 0 spiro atoms. The average molecular weight is 255 g/mol. The van der Waals surface area contributed by atoms with Gasteiger partial charge in [-0.3, -0.25) is 0 Å². The van der Waals surface area contributed by atoms with Crippen LogP contribution in [0.3, 0.4) is 0 Å². The van der Waals surface area contributed by atoms with Crippen LogP contribution in [0.5, 0.6) is 0 Å². The fourth-order valence-electron chi connectivity index (χ4n) is 2.21. The van der Waals surface area contributed by atoms with E-state index in [1.54, 1.807) is 0 Å². The molecule has 1 heterocycles. The summed E-state index contributed by atoms with van der Waals surface area (Å²) in [5.41, 5.74) is 3.73. The molecule has 0 saturated heterocycles. The second kappa shape index (κ2) is 5.57. The highest BCUT2D eigenvalue weighted by Crippen LogP contribution is 2.18. The molecule has 100 valence electrons. The molecule has 19 heavy (non-hydrogen) atoms. The lowest BCUT2D eigenvalue weighted by Gasteiger charge is -2.02. The summed E-state index contributed by atoms with van der Waals surface area (Å²) >= 11 is 0. The van der Waals surface area contributed by atoms with Gasteiger partial charge in [0.2, 0.25) is 0 Å². The molecule has 1 aliphatic carbocycles. The molecule has 0 bridgehead atoms. The highest BCUT2D eigenvalue weighted by molar-refractivity contribution is 5.33. The highest BCUT2D eigenvalue weighted by atomic mass is 15.3. The third kappa shape index (κ3) is 3.44. The Labute approximate surface area is 114 Å². The van der Waals surface area contributed by atoms with Crippen LogP contribution >= 0.6 is 0 Å². The van der Waals surface area contributed by atoms with Crippen molar-refractivity contribution in [2.45, 2.75) is 38.6 Å². The topological polar surface area (TPSA) is 29.9 Å². The van der Waals surface area contributed by atoms with Gasteiger partial charge in [0.25, 0.3) is 0 Å². The van der Waals surface area contributed by atoms with E-state index >= 15 is 0 Å². The van der Waals surface area contributed by atoms with Crippen molar-refractivity contribution >= 4 is 0 Å². The zero-order chi connectivity index (χ0) is 13.1. The molecule has 2 aromatic rings. The maximum absolute atomic E-state index is 4.44. The average Bonchev–Trinajstić information content (AvgIpc) is 3.13. The molecule has 3 heteroatoms. The summed E-state index contributed by atoms with van der Waals surface area (Å²) in [7, 11) is 0. The summed E-state index contributed by atoms with van der Waals surface area (Å²) < 4.78 is 1.96. The number of hydrogen-bond donors (Lipinski definition) is 1. The first-order chi connectivity index (χ1) is 9.31. The van der Waals surface area contributed by atoms with Crippen molar-refractivity contribution < 1.29 is 0 Å². The van der Waals surface area contributed by atoms with Crippen molar-refractivity contribution in [3.05, 3.63) is 47.8 Å². The minimum Gasteiger partial charge on any atom is -0.314 e. The Morgan fingerprint density at radius 1 is 1.26 bits per heavy atom. The zero-order valence-corrected chi connectivity index (χ0v) is 11.5. The quantitative estimate of drug-likeness (QED) is 0.804. The second-order valence-electron chi connectivity index (χ2n) is 5.46. The number of hydrogen-bond acceptors (Lipinski definition) is 2. The van der Waals surface area contributed by atoms with Crippen LogP contribution in [0.15, 0.2) is 36.7 Å². The molecule has 0 radical (unpaired) electrons. The van der Waals surface area contributed by atoms with Crippen molar-refractivity contribution in [1.82, 2.24) is 15.1 Å². The molecule has 1 N–H and O–H groups in total. The van der Waals surface area contributed by atoms with Crippen molar-refractivity contribution in [2.75, 3.05) is 6.54 Å². The maximum Gasteiger partial charge on any atom is 0.0645 e. The summed E-state index contributed by atoms with van der Waals surface area (Å²) in [5, 5.41) is 7.98. The molecule has 1 aromatic carbocycles. The normalized spacial score (nSPS) is 14.8. The monoisotopic (exact) mass is 255 g/mol. The van der Waals surface area contributed by atoms with Gasteiger partial charge >= 0.3 is 0 Å². The number of aromatic nitrogens is 2. The van der Waals surface area contributed by atoms with Crippen molar-refractivity contribution in [3.8, 4) is 5.69 Å². The second-order valence-corrected chi connectivity index (χ2v) is 5.46. The molecule has 1 saturated carbocycles. The van der Waals surface area contributed by atoms with E-state index in [0.29, 0.717) is 0 Å². The Morgan fingerprint density at radius 3 is 2.79 bits per heavy atom. The van der Waals surface area contributed by atoms with Gasteiger partial charge in [-0.2, -0.15) is 5.10 Å². The van der Waals surface area contributed by atoms with E-state index in [4.69, 9.17) is 0 Å². The van der Waals surface area contributed by atoms with E-state index in [9.17, 15) is 0 Å². The predicted octanol–water partition coefficient (Wildman–Crippen LogP) is 2.87. The van der Waals surface area contributed by atoms with Gasteiger partial charge in [0, 0.05) is 12.2 Å². The van der Waals surface area contributed by atoms with E-state index < -0.39 is 0 Å². The maximum atomic E-state index is 4.44. The van der Waals surface area contributed by atoms with Gasteiger partial charge in [-0.05, 0) is 56.8 Å². The van der Waals surface area contributed by atoms with Gasteiger partial charge in [0.05, 0.1) is 11.9 Å². The fraction of sp³-hybridized carbons (Fsp3) is 0.438. The molecule has 1 fully saturated rings. The molecular weight excluding hydrogens is 234 g/mol. The number of nitrogens with one attached hydrogen (secondary N) is 1. The lowest BCUT2D eigenvalue weighted by molar-refractivity contribution is 0.645. The van der Waals surface area contributed by atoms with Crippen LogP contribution in [0.2, 0.25) is 0 Å². The molecular formula is C16H21N3. The lowest BCUT2D eigenvalue weighted by atomic mass is 10.2. The van der Waals surface area contributed by atoms with Crippen LogP contribution < -0.4 is 5.32 Å². The van der Waals surface area contributed by atoms with E-state index in [0.717, 1.165) is 24.7 Å². The Kier molecular flexibility index (Phi) is 3.65. The van der Waals surface area contributed by atoms with Crippen LogP contribution in [0.25, 0.3) is 5.69 Å². The molecule has 1 aliphatic rings. The molecule has 0 unspecified atom stereocenters. The minimum atomic E-state index is 0.815. The zero-order valence-electron chi connectivity index (χ0n) is 11.5. The van der Waals surface area contributed by atoms with Gasteiger partial charge in [-0.15, -0.1) is 0 Å². The summed E-state index contributed by atoms with van der Waals surface area (Å²) in [6, 6.07) is 9.28. The van der Waals surface area contributed by atoms with Crippen molar-refractivity contribution in [2.24, 2.45) is 0 Å². The Morgan fingerprint density at radius 2 is 2.05 bits per heavy atom. The molecule has 3 rings (SSSR count). The summed E-state index contributed by atoms with van der Waals surface area (Å²) in [5.74, 6) is 0. The molecule has 0 aliphatic heterocycles. The number of nitrogens with zero attached hydrogens (tertiary/aromatic N) is 2. The summed E-state index contributed by atoms with van der Waals surface area (Å²) in [6.07, 6.45) is 9.15. The van der Waals surface area contributed by atoms with Crippen molar-refractivity contribution in [3.63, 3.8) is 0 Å². The Balaban J connectivity index is 1.54. The van der Waals surface area contributed by atoms with Crippen LogP contribution in [0.1, 0.15) is 30.4 Å². The molecule has 3 nitrogen and oxygen atoms in total. The van der Waals surface area contributed by atoms with Crippen LogP contribution in [0, 0.1) is 6.92 Å². The number of rotatable bonds is 6. The standard InChI is InChI=1S/C16H21N3/c1-13-4-8-16(9-5-13)19-12-14(11-18-19)3-2-10-17-15-6-7-15/h4-5,8-9,11-12,15,17H,2-3,6-7,10H2,1H3. The first-order valence-electron chi connectivity index (χ1n) is 7.15. The highest BCUT2D eigenvalue weighted by Gasteiger charge is 2.19. The smallest absolute Gasteiger partial charge is 0.0645 e. The third-order valence-corrected chi connectivity index (χ3v) is 3.59. The van der Waals surface area contributed by atoms with E-state index in [-0.39, 0.29) is 0 Å². The van der Waals surface area contributed by atoms with E-state index in [2.05, 4.69) is 47.8 Å². The van der Waals surface area contributed by atoms with Gasteiger partial charge in [-0.25, -0.2) is 4.68 Å². The van der Waals surface area contributed by atoms with Gasteiger partial charge in [0.15, 0.2) is 0 Å². The van der Waals surface area contributed by atoms with Gasteiger partial charge < -0.3 is 5.32 Å². The van der Waals surface area contributed by atoms with Gasteiger partial charge in [0.1, 0.15) is 0 Å². The molecule has 0 atom stereocenters. The lowest BCUT2D eigenvalue weighted by Crippen LogP contribution is -2.17. The fourth-order valence-corrected chi connectivity index (χ4v) is 2.21. The SMILES string of the molecule is Cc1ccc(-n2cc(CCCNC3CC3)cn2)cc1. The molecule has 0 amide bonds. The number of aryl methyl sites for hydroxylation is 2. The Bertz CT molecular complexity index is 523. The largest absolute Gasteiger partial charge is 0.314 e. The summed E-state index contributed by atoms with van der Waals surface area (Å²) in [6.45, 7) is 3.23. The van der Waals surface area contributed by atoms with Crippen LogP contribution in [-0.4, -0.2) is 22.4 Å². The number of benzene rings is 1. The summed E-state index contributed by atoms with van der Waals surface area (Å²) in [4.78, 5) is 0. The Hall–Kier alpha value is -1.61. The molecule has 1 aromatic heterocycles. The first kappa shape index (κ1) is 12.4. The van der Waals surface area contributed by atoms with Crippen LogP contribution in [-0.2, 0) is 6.42 Å². The third-order valence-electron chi connectivity index (χ3n) is 3.59. The van der Waals surface area contributed by atoms with E-state index in [1.807, 2.05) is 10.9 Å².